The van der Waals surface area contributed by atoms with Crippen LogP contribution in [0, 0.1) is 13.8 Å². The number of nitrogens with one attached hydrogen (secondary N) is 2. The number of fused-ring (bicyclic) bond motifs is 1. The van der Waals surface area contributed by atoms with E-state index in [9.17, 15) is 4.79 Å². The number of rotatable bonds is 8. The second kappa shape index (κ2) is 9.71. The Morgan fingerprint density at radius 1 is 1.20 bits per heavy atom. The van der Waals surface area contributed by atoms with Gasteiger partial charge in [-0.05, 0) is 75.6 Å². The van der Waals surface area contributed by atoms with Gasteiger partial charge in [0.2, 0.25) is 5.13 Å². The number of thiazole rings is 1. The highest BCUT2D eigenvalue weighted by Gasteiger charge is 2.15. The fourth-order valence-corrected chi connectivity index (χ4v) is 3.90. The van der Waals surface area contributed by atoms with E-state index in [1.165, 1.54) is 11.3 Å². The molecule has 0 saturated carbocycles. The molecule has 30 heavy (non-hydrogen) atoms. The minimum atomic E-state index is -0.144. The number of unbranched alkanes of at least 4 members (excludes halogenated alkanes) is 1. The molecule has 3 aromatic rings. The molecule has 0 aliphatic carbocycles. The van der Waals surface area contributed by atoms with Gasteiger partial charge >= 0.3 is 0 Å². The van der Waals surface area contributed by atoms with E-state index in [0.717, 1.165) is 56.5 Å². The minimum absolute atomic E-state index is 0.144. The summed E-state index contributed by atoms with van der Waals surface area (Å²) in [6.07, 6.45) is 2.11. The van der Waals surface area contributed by atoms with Crippen LogP contribution in [0.4, 0.5) is 10.8 Å². The third-order valence-corrected chi connectivity index (χ3v) is 5.71. The van der Waals surface area contributed by atoms with E-state index in [2.05, 4.69) is 27.8 Å². The predicted molar refractivity (Wildman–Crippen MR) is 126 cm³/mol. The lowest BCUT2D eigenvalue weighted by atomic mass is 10.1. The van der Waals surface area contributed by atoms with E-state index in [-0.39, 0.29) is 5.91 Å². The highest BCUT2D eigenvalue weighted by molar-refractivity contribution is 7.22. The number of benzene rings is 2. The van der Waals surface area contributed by atoms with Crippen LogP contribution in [0.3, 0.4) is 0 Å². The van der Waals surface area contributed by atoms with Gasteiger partial charge in [-0.3, -0.25) is 10.2 Å². The Balaban J connectivity index is 1.79. The number of anilines is 2. The van der Waals surface area contributed by atoms with Crippen molar-refractivity contribution in [2.24, 2.45) is 5.10 Å². The van der Waals surface area contributed by atoms with Crippen LogP contribution in [0.25, 0.3) is 10.2 Å². The molecule has 158 valence electrons. The third-order valence-electron chi connectivity index (χ3n) is 4.61. The van der Waals surface area contributed by atoms with Gasteiger partial charge in [-0.15, -0.1) is 0 Å². The summed E-state index contributed by atoms with van der Waals surface area (Å²) in [5, 5.41) is 8.02. The van der Waals surface area contributed by atoms with Gasteiger partial charge in [0.15, 0.2) is 0 Å². The van der Waals surface area contributed by atoms with Crippen molar-refractivity contribution in [3.8, 4) is 5.75 Å². The van der Waals surface area contributed by atoms with E-state index in [1.807, 2.05) is 45.9 Å². The van der Waals surface area contributed by atoms with E-state index in [0.29, 0.717) is 12.2 Å². The first-order chi connectivity index (χ1) is 14.4. The summed E-state index contributed by atoms with van der Waals surface area (Å²) in [7, 11) is 0. The zero-order valence-corrected chi connectivity index (χ0v) is 18.9. The first-order valence-corrected chi connectivity index (χ1v) is 10.9. The van der Waals surface area contributed by atoms with Crippen LogP contribution >= 0.6 is 11.3 Å². The number of hydrazone groups is 1. The van der Waals surface area contributed by atoms with Gasteiger partial charge in [0, 0.05) is 17.0 Å². The Morgan fingerprint density at radius 3 is 2.60 bits per heavy atom. The molecule has 1 amide bonds. The summed E-state index contributed by atoms with van der Waals surface area (Å²) in [5.74, 6) is 0.637. The lowest BCUT2D eigenvalue weighted by Crippen LogP contribution is -2.13. The molecule has 6 nitrogen and oxygen atoms in total. The maximum atomic E-state index is 12.8. The lowest BCUT2D eigenvalue weighted by Gasteiger charge is -2.13. The minimum Gasteiger partial charge on any atom is -0.494 e. The molecule has 3 rings (SSSR count). The smallest absolute Gasteiger partial charge is 0.255 e. The number of aryl methyl sites for hydroxylation is 2. The standard InChI is InChI=1S/C23H28N4O2S/c1-6-7-12-29-18-10-8-17(9-11-18)22(28)25-20-15(4)13-19-21(16(20)5)30-23(24-19)27-26-14(2)3/h8-11,13H,6-7,12H2,1-5H3,(H,24,27)(H,25,28). The zero-order valence-electron chi connectivity index (χ0n) is 18.1. The van der Waals surface area contributed by atoms with Crippen LogP contribution in [-0.2, 0) is 0 Å². The molecule has 0 saturated heterocycles. The SMILES string of the molecule is CCCCOc1ccc(C(=O)Nc2c(C)cc3nc(NN=C(C)C)sc3c2C)cc1. The molecule has 0 spiro atoms. The van der Waals surface area contributed by atoms with E-state index in [1.54, 1.807) is 12.1 Å². The summed E-state index contributed by atoms with van der Waals surface area (Å²) >= 11 is 1.53. The van der Waals surface area contributed by atoms with Gasteiger partial charge in [0.05, 0.1) is 16.8 Å². The maximum absolute atomic E-state index is 12.8. The largest absolute Gasteiger partial charge is 0.494 e. The molecular weight excluding hydrogens is 396 g/mol. The zero-order chi connectivity index (χ0) is 21.7. The van der Waals surface area contributed by atoms with E-state index < -0.39 is 0 Å². The fourth-order valence-electron chi connectivity index (χ4n) is 3.01. The second-order valence-electron chi connectivity index (χ2n) is 7.41. The summed E-state index contributed by atoms with van der Waals surface area (Å²) in [4.78, 5) is 17.4. The molecule has 0 aliphatic heterocycles. The normalized spacial score (nSPS) is 10.7. The number of hydrogen-bond acceptors (Lipinski definition) is 6. The monoisotopic (exact) mass is 424 g/mol. The number of carbonyl (C=O) groups excluding carboxylic acids is 1. The predicted octanol–water partition coefficient (Wildman–Crippen LogP) is 6.15. The van der Waals surface area contributed by atoms with Gasteiger partial charge in [-0.1, -0.05) is 24.7 Å². The molecule has 0 bridgehead atoms. The van der Waals surface area contributed by atoms with Crippen molar-refractivity contribution in [3.63, 3.8) is 0 Å². The van der Waals surface area contributed by atoms with Gasteiger partial charge in [-0.2, -0.15) is 5.10 Å². The van der Waals surface area contributed by atoms with E-state index >= 15 is 0 Å². The molecule has 2 N–H and O–H groups in total. The Hall–Kier alpha value is -2.93. The van der Waals surface area contributed by atoms with Crippen LogP contribution in [-0.4, -0.2) is 23.2 Å². The van der Waals surface area contributed by atoms with Crippen molar-refractivity contribution in [3.05, 3.63) is 47.0 Å². The lowest BCUT2D eigenvalue weighted by molar-refractivity contribution is 0.102. The topological polar surface area (TPSA) is 75.6 Å². The summed E-state index contributed by atoms with van der Waals surface area (Å²) in [6, 6.07) is 9.25. The highest BCUT2D eigenvalue weighted by Crippen LogP contribution is 2.35. The Bertz CT molecular complexity index is 1070. The molecule has 1 aromatic heterocycles. The van der Waals surface area contributed by atoms with Crippen LogP contribution in [0.1, 0.15) is 55.1 Å². The van der Waals surface area contributed by atoms with Crippen LogP contribution in [0.5, 0.6) is 5.75 Å². The molecule has 0 aliphatic rings. The highest BCUT2D eigenvalue weighted by atomic mass is 32.1. The maximum Gasteiger partial charge on any atom is 0.255 e. The second-order valence-corrected chi connectivity index (χ2v) is 8.41. The third kappa shape index (κ3) is 5.16. The van der Waals surface area contributed by atoms with Gasteiger partial charge in [-0.25, -0.2) is 4.98 Å². The van der Waals surface area contributed by atoms with Crippen molar-refractivity contribution in [2.75, 3.05) is 17.3 Å². The van der Waals surface area contributed by atoms with Gasteiger partial charge in [0.1, 0.15) is 5.75 Å². The fraction of sp³-hybridized carbons (Fsp3) is 0.348. The van der Waals surface area contributed by atoms with Crippen LogP contribution < -0.4 is 15.5 Å². The number of carbonyl (C=O) groups is 1. The number of nitrogens with zero attached hydrogens (tertiary/aromatic N) is 2. The molecule has 7 heteroatoms. The molecule has 0 fully saturated rings. The van der Waals surface area contributed by atoms with Crippen LogP contribution in [0.2, 0.25) is 0 Å². The average molecular weight is 425 g/mol. The average Bonchev–Trinajstić information content (AvgIpc) is 3.13. The molecule has 0 atom stereocenters. The first-order valence-electron chi connectivity index (χ1n) is 10.1. The van der Waals surface area contributed by atoms with Crippen LogP contribution in [0.15, 0.2) is 35.4 Å². The molecule has 0 unspecified atom stereocenters. The van der Waals surface area contributed by atoms with Gasteiger partial charge < -0.3 is 10.1 Å². The Morgan fingerprint density at radius 2 is 1.93 bits per heavy atom. The van der Waals surface area contributed by atoms with E-state index in [4.69, 9.17) is 4.74 Å². The summed E-state index contributed by atoms with van der Waals surface area (Å²) in [6.45, 7) is 10.6. The van der Waals surface area contributed by atoms with Crippen molar-refractivity contribution in [2.45, 2.75) is 47.5 Å². The summed E-state index contributed by atoms with van der Waals surface area (Å²) < 4.78 is 6.70. The first kappa shape index (κ1) is 21.8. The molecule has 2 aromatic carbocycles. The molecule has 0 radical (unpaired) electrons. The Labute approximate surface area is 181 Å². The number of ether oxygens (including phenoxy) is 1. The number of hydrogen-bond donors (Lipinski definition) is 2. The van der Waals surface area contributed by atoms with Crippen molar-refractivity contribution in [1.29, 1.82) is 0 Å². The van der Waals surface area contributed by atoms with Crippen molar-refractivity contribution in [1.82, 2.24) is 4.98 Å². The Kier molecular flexibility index (Phi) is 7.05. The molecule has 1 heterocycles. The molecular formula is C23H28N4O2S. The van der Waals surface area contributed by atoms with Crippen molar-refractivity contribution >= 4 is 44.0 Å². The number of aromatic nitrogens is 1. The quantitative estimate of drug-likeness (QED) is 0.258. The van der Waals surface area contributed by atoms with Gasteiger partial charge in [0.25, 0.3) is 5.91 Å². The number of amides is 1. The summed E-state index contributed by atoms with van der Waals surface area (Å²) in [5.41, 5.74) is 8.20. The van der Waals surface area contributed by atoms with Crippen molar-refractivity contribution < 1.29 is 9.53 Å².